The van der Waals surface area contributed by atoms with Crippen molar-refractivity contribution in [2.75, 3.05) is 13.7 Å². The number of ether oxygens (including phenoxy) is 1. The Hall–Kier alpha value is -1.46. The second-order valence-electron chi connectivity index (χ2n) is 6.36. The fourth-order valence-electron chi connectivity index (χ4n) is 2.15. The first-order chi connectivity index (χ1) is 9.76. The van der Waals surface area contributed by atoms with Crippen LogP contribution in [0.4, 0.5) is 4.39 Å². The highest BCUT2D eigenvalue weighted by molar-refractivity contribution is 5.94. The molecule has 0 radical (unpaired) electrons. The Morgan fingerprint density at radius 3 is 2.62 bits per heavy atom. The molecule has 1 aromatic rings. The number of aliphatic hydroxyl groups is 1. The van der Waals surface area contributed by atoms with Gasteiger partial charge in [0.25, 0.3) is 5.91 Å². The first kappa shape index (κ1) is 17.6. The molecular formula is C16H24FNO3. The summed E-state index contributed by atoms with van der Waals surface area (Å²) in [6, 6.07) is 3.82. The van der Waals surface area contributed by atoms with Crippen molar-refractivity contribution in [1.82, 2.24) is 5.32 Å². The van der Waals surface area contributed by atoms with E-state index in [1.807, 2.05) is 20.8 Å². The molecule has 1 amide bonds. The van der Waals surface area contributed by atoms with Crippen molar-refractivity contribution in [2.24, 2.45) is 5.41 Å². The quantitative estimate of drug-likeness (QED) is 0.848. The largest absolute Gasteiger partial charge is 0.394 e. The molecule has 1 aromatic carbocycles. The van der Waals surface area contributed by atoms with Crippen LogP contribution in [-0.2, 0) is 11.3 Å². The highest BCUT2D eigenvalue weighted by Gasteiger charge is 2.20. The Kier molecular flexibility index (Phi) is 6.30. The summed E-state index contributed by atoms with van der Waals surface area (Å²) in [7, 11) is 1.47. The third kappa shape index (κ3) is 5.81. The van der Waals surface area contributed by atoms with Crippen LogP contribution in [0.2, 0.25) is 0 Å². The van der Waals surface area contributed by atoms with Gasteiger partial charge in [-0.1, -0.05) is 20.8 Å². The van der Waals surface area contributed by atoms with Gasteiger partial charge in [0.1, 0.15) is 5.82 Å². The summed E-state index contributed by atoms with van der Waals surface area (Å²) in [6.45, 7) is 6.09. The van der Waals surface area contributed by atoms with Crippen LogP contribution >= 0.6 is 0 Å². The Morgan fingerprint density at radius 1 is 1.43 bits per heavy atom. The molecule has 0 saturated heterocycles. The first-order valence-corrected chi connectivity index (χ1v) is 6.96. The number of benzene rings is 1. The van der Waals surface area contributed by atoms with Crippen LogP contribution in [0.25, 0.3) is 0 Å². The number of aliphatic hydroxyl groups excluding tert-OH is 1. The van der Waals surface area contributed by atoms with E-state index in [0.29, 0.717) is 17.5 Å². The standard InChI is InChI=1S/C16H24FNO3/c1-16(2,3)8-13(9-19)18-15(20)11-5-6-14(17)12(7-11)10-21-4/h5-7,13,19H,8-10H2,1-4H3,(H,18,20). The van der Waals surface area contributed by atoms with E-state index in [4.69, 9.17) is 4.74 Å². The number of halogens is 1. The number of carbonyl (C=O) groups excluding carboxylic acids is 1. The molecule has 2 N–H and O–H groups in total. The molecule has 1 atom stereocenters. The lowest BCUT2D eigenvalue weighted by atomic mass is 9.88. The van der Waals surface area contributed by atoms with Crippen molar-refractivity contribution in [3.63, 3.8) is 0 Å². The van der Waals surface area contributed by atoms with Crippen molar-refractivity contribution in [2.45, 2.75) is 39.8 Å². The molecule has 0 saturated carbocycles. The van der Waals surface area contributed by atoms with E-state index in [0.717, 1.165) is 0 Å². The van der Waals surface area contributed by atoms with Crippen LogP contribution in [0.15, 0.2) is 18.2 Å². The van der Waals surface area contributed by atoms with Crippen molar-refractivity contribution in [3.8, 4) is 0 Å². The van der Waals surface area contributed by atoms with Crippen LogP contribution in [0.1, 0.15) is 43.1 Å². The summed E-state index contributed by atoms with van der Waals surface area (Å²) in [4.78, 5) is 12.2. The molecular weight excluding hydrogens is 273 g/mol. The van der Waals surface area contributed by atoms with Gasteiger partial charge in [0.2, 0.25) is 0 Å². The van der Waals surface area contributed by atoms with E-state index in [2.05, 4.69) is 5.32 Å². The number of carbonyl (C=O) groups is 1. The summed E-state index contributed by atoms with van der Waals surface area (Å²) < 4.78 is 18.4. The van der Waals surface area contributed by atoms with E-state index in [1.54, 1.807) is 0 Å². The maximum atomic E-state index is 13.5. The zero-order valence-corrected chi connectivity index (χ0v) is 13.1. The molecule has 0 aliphatic rings. The van der Waals surface area contributed by atoms with Crippen LogP contribution in [0.3, 0.4) is 0 Å². The first-order valence-electron chi connectivity index (χ1n) is 6.96. The zero-order chi connectivity index (χ0) is 16.0. The second kappa shape index (κ2) is 7.52. The van der Waals surface area contributed by atoms with Gasteiger partial charge in [-0.05, 0) is 30.0 Å². The van der Waals surface area contributed by atoms with Crippen LogP contribution in [0, 0.1) is 11.2 Å². The monoisotopic (exact) mass is 297 g/mol. The van der Waals surface area contributed by atoms with Crippen molar-refractivity contribution in [1.29, 1.82) is 0 Å². The van der Waals surface area contributed by atoms with Crippen molar-refractivity contribution >= 4 is 5.91 Å². The van der Waals surface area contributed by atoms with E-state index in [9.17, 15) is 14.3 Å². The number of amides is 1. The van der Waals surface area contributed by atoms with Gasteiger partial charge in [-0.15, -0.1) is 0 Å². The van der Waals surface area contributed by atoms with Crippen molar-refractivity contribution < 1.29 is 19.0 Å². The topological polar surface area (TPSA) is 58.6 Å². The molecule has 0 spiro atoms. The Morgan fingerprint density at radius 2 is 2.10 bits per heavy atom. The van der Waals surface area contributed by atoms with Gasteiger partial charge in [0.15, 0.2) is 0 Å². The predicted molar refractivity (Wildman–Crippen MR) is 79.5 cm³/mol. The molecule has 0 aliphatic heterocycles. The molecule has 0 bridgehead atoms. The molecule has 1 rings (SSSR count). The summed E-state index contributed by atoms with van der Waals surface area (Å²) >= 11 is 0. The molecule has 1 unspecified atom stereocenters. The molecule has 4 nitrogen and oxygen atoms in total. The molecule has 0 heterocycles. The summed E-state index contributed by atoms with van der Waals surface area (Å²) in [5, 5.41) is 12.1. The number of rotatable bonds is 6. The average Bonchev–Trinajstić information content (AvgIpc) is 2.39. The molecule has 0 fully saturated rings. The minimum atomic E-state index is -0.401. The number of nitrogens with one attached hydrogen (secondary N) is 1. The smallest absolute Gasteiger partial charge is 0.251 e. The number of methoxy groups -OCH3 is 1. The van der Waals surface area contributed by atoms with Crippen LogP contribution in [0.5, 0.6) is 0 Å². The fraction of sp³-hybridized carbons (Fsp3) is 0.562. The number of hydrogen-bond donors (Lipinski definition) is 2. The summed E-state index contributed by atoms with van der Waals surface area (Å²) in [5.74, 6) is -0.725. The van der Waals surface area contributed by atoms with Gasteiger partial charge >= 0.3 is 0 Å². The van der Waals surface area contributed by atoms with Crippen LogP contribution < -0.4 is 5.32 Å². The van der Waals surface area contributed by atoms with Gasteiger partial charge in [-0.3, -0.25) is 4.79 Å². The Labute approximate surface area is 125 Å². The zero-order valence-electron chi connectivity index (χ0n) is 13.1. The molecule has 21 heavy (non-hydrogen) atoms. The SMILES string of the molecule is COCc1cc(C(=O)NC(CO)CC(C)(C)C)ccc1F. The highest BCUT2D eigenvalue weighted by Crippen LogP contribution is 2.21. The third-order valence-corrected chi connectivity index (χ3v) is 3.02. The minimum Gasteiger partial charge on any atom is -0.394 e. The van der Waals surface area contributed by atoms with Gasteiger partial charge in [0, 0.05) is 18.2 Å². The van der Waals surface area contributed by atoms with Gasteiger partial charge in [0.05, 0.1) is 19.3 Å². The normalized spacial score (nSPS) is 13.0. The highest BCUT2D eigenvalue weighted by atomic mass is 19.1. The average molecular weight is 297 g/mol. The number of hydrogen-bond acceptors (Lipinski definition) is 3. The van der Waals surface area contributed by atoms with Gasteiger partial charge in [-0.25, -0.2) is 4.39 Å². The van der Waals surface area contributed by atoms with E-state index in [-0.39, 0.29) is 30.6 Å². The second-order valence-corrected chi connectivity index (χ2v) is 6.36. The van der Waals surface area contributed by atoms with Gasteiger partial charge in [-0.2, -0.15) is 0 Å². The maximum absolute atomic E-state index is 13.5. The van der Waals surface area contributed by atoms with E-state index >= 15 is 0 Å². The third-order valence-electron chi connectivity index (χ3n) is 3.02. The van der Waals surface area contributed by atoms with Crippen molar-refractivity contribution in [3.05, 3.63) is 35.1 Å². The lowest BCUT2D eigenvalue weighted by molar-refractivity contribution is 0.0897. The summed E-state index contributed by atoms with van der Waals surface area (Å²) in [5.41, 5.74) is 0.683. The van der Waals surface area contributed by atoms with Gasteiger partial charge < -0.3 is 15.2 Å². The molecule has 5 heteroatoms. The van der Waals surface area contributed by atoms with E-state index in [1.165, 1.54) is 25.3 Å². The molecule has 118 valence electrons. The fourth-order valence-corrected chi connectivity index (χ4v) is 2.15. The Bertz CT molecular complexity index is 483. The molecule has 0 aromatic heterocycles. The molecule has 0 aliphatic carbocycles. The van der Waals surface area contributed by atoms with E-state index < -0.39 is 5.82 Å². The summed E-state index contributed by atoms with van der Waals surface area (Å²) in [6.07, 6.45) is 0.654. The minimum absolute atomic E-state index is 0.00924. The maximum Gasteiger partial charge on any atom is 0.251 e. The lowest BCUT2D eigenvalue weighted by Gasteiger charge is -2.25. The van der Waals surface area contributed by atoms with Crippen LogP contribution in [-0.4, -0.2) is 30.8 Å². The predicted octanol–water partition coefficient (Wildman–Crippen LogP) is 2.50. The Balaban J connectivity index is 2.81. The lowest BCUT2D eigenvalue weighted by Crippen LogP contribution is -2.40.